The monoisotopic (exact) mass is 370 g/mol. The maximum Gasteiger partial charge on any atom is 0.274 e. The number of aryl methyl sites for hydroxylation is 1. The van der Waals surface area contributed by atoms with Crippen LogP contribution in [0.1, 0.15) is 11.3 Å². The fraction of sp³-hybridized carbons (Fsp3) is 0.286. The molecule has 21 heavy (non-hydrogen) atoms. The maximum absolute atomic E-state index is 12.1. The number of nitrogens with zero attached hydrogens (tertiary/aromatic N) is 2. The summed E-state index contributed by atoms with van der Waals surface area (Å²) >= 11 is 3.39. The van der Waals surface area contributed by atoms with Gasteiger partial charge >= 0.3 is 0 Å². The van der Waals surface area contributed by atoms with E-state index in [1.54, 1.807) is 19.3 Å². The number of anilines is 2. The van der Waals surface area contributed by atoms with Crippen molar-refractivity contribution < 1.29 is 0 Å². The SMILES string of the molecule is Cl.Cn1cc(Br)cc(Nc2ccc3c(n2)CCNC3)c1=O. The van der Waals surface area contributed by atoms with Crippen molar-refractivity contribution in [2.45, 2.75) is 13.0 Å². The average Bonchev–Trinajstić information content (AvgIpc) is 2.44. The van der Waals surface area contributed by atoms with E-state index in [1.165, 1.54) is 10.1 Å². The van der Waals surface area contributed by atoms with Gasteiger partial charge in [0.05, 0.1) is 0 Å². The molecule has 0 amide bonds. The van der Waals surface area contributed by atoms with Crippen LogP contribution in [0, 0.1) is 0 Å². The Bertz CT molecular complexity index is 717. The summed E-state index contributed by atoms with van der Waals surface area (Å²) in [5.74, 6) is 0.709. The third-order valence-electron chi connectivity index (χ3n) is 3.34. The lowest BCUT2D eigenvalue weighted by Crippen LogP contribution is -2.25. The molecule has 2 N–H and O–H groups in total. The molecular formula is C14H16BrClN4O. The molecule has 0 atom stereocenters. The van der Waals surface area contributed by atoms with Crippen LogP contribution in [0.3, 0.4) is 0 Å². The third kappa shape index (κ3) is 3.45. The summed E-state index contributed by atoms with van der Waals surface area (Å²) in [7, 11) is 1.73. The summed E-state index contributed by atoms with van der Waals surface area (Å²) in [5.41, 5.74) is 2.77. The van der Waals surface area contributed by atoms with E-state index >= 15 is 0 Å². The van der Waals surface area contributed by atoms with Crippen LogP contribution in [-0.2, 0) is 20.0 Å². The van der Waals surface area contributed by atoms with Gasteiger partial charge in [0, 0.05) is 42.9 Å². The molecule has 3 rings (SSSR count). The average molecular weight is 372 g/mol. The number of halogens is 2. The van der Waals surface area contributed by atoms with Gasteiger partial charge in [-0.2, -0.15) is 0 Å². The zero-order valence-corrected chi connectivity index (χ0v) is 13.9. The molecule has 1 aliphatic rings. The normalized spacial score (nSPS) is 13.2. The maximum atomic E-state index is 12.1. The molecule has 112 valence electrons. The van der Waals surface area contributed by atoms with Crippen LogP contribution >= 0.6 is 28.3 Å². The van der Waals surface area contributed by atoms with E-state index in [-0.39, 0.29) is 18.0 Å². The molecule has 3 heterocycles. The third-order valence-corrected chi connectivity index (χ3v) is 3.77. The van der Waals surface area contributed by atoms with E-state index in [2.05, 4.69) is 37.6 Å². The minimum Gasteiger partial charge on any atom is -0.336 e. The Morgan fingerprint density at radius 2 is 2.24 bits per heavy atom. The molecule has 0 fully saturated rings. The first-order valence-electron chi connectivity index (χ1n) is 6.46. The van der Waals surface area contributed by atoms with Crippen molar-refractivity contribution in [3.63, 3.8) is 0 Å². The minimum absolute atomic E-state index is 0. The van der Waals surface area contributed by atoms with Crippen molar-refractivity contribution in [1.82, 2.24) is 14.9 Å². The van der Waals surface area contributed by atoms with Crippen molar-refractivity contribution in [3.8, 4) is 0 Å². The molecule has 1 aliphatic heterocycles. The molecule has 0 aliphatic carbocycles. The first kappa shape index (κ1) is 16.0. The van der Waals surface area contributed by atoms with Gasteiger partial charge in [-0.1, -0.05) is 6.07 Å². The van der Waals surface area contributed by atoms with Gasteiger partial charge in [0.25, 0.3) is 5.56 Å². The number of hydrogen-bond acceptors (Lipinski definition) is 4. The van der Waals surface area contributed by atoms with E-state index in [0.717, 1.165) is 29.7 Å². The number of pyridine rings is 2. The standard InChI is InChI=1S/C14H15BrN4O.ClH/c1-19-8-10(15)6-12(14(19)20)18-13-3-2-9-7-16-5-4-11(9)17-13;/h2-3,6,8,16H,4-5,7H2,1H3,(H,17,18);1H. The van der Waals surface area contributed by atoms with Crippen LogP contribution in [0.15, 0.2) is 33.7 Å². The molecule has 0 aromatic carbocycles. The van der Waals surface area contributed by atoms with Gasteiger partial charge < -0.3 is 15.2 Å². The Balaban J connectivity index is 0.00000161. The number of rotatable bonds is 2. The highest BCUT2D eigenvalue weighted by molar-refractivity contribution is 9.10. The summed E-state index contributed by atoms with van der Waals surface area (Å²) in [6.45, 7) is 1.81. The van der Waals surface area contributed by atoms with Crippen molar-refractivity contribution in [2.75, 3.05) is 11.9 Å². The lowest BCUT2D eigenvalue weighted by atomic mass is 10.1. The van der Waals surface area contributed by atoms with Crippen molar-refractivity contribution in [2.24, 2.45) is 7.05 Å². The molecule has 2 aromatic heterocycles. The Labute approximate surface area is 137 Å². The van der Waals surface area contributed by atoms with E-state index in [9.17, 15) is 4.79 Å². The summed E-state index contributed by atoms with van der Waals surface area (Å²) in [4.78, 5) is 16.7. The number of nitrogens with one attached hydrogen (secondary N) is 2. The van der Waals surface area contributed by atoms with Crippen LogP contribution in [0.25, 0.3) is 0 Å². The van der Waals surface area contributed by atoms with E-state index in [4.69, 9.17) is 0 Å². The predicted molar refractivity (Wildman–Crippen MR) is 89.6 cm³/mol. The van der Waals surface area contributed by atoms with Gasteiger partial charge in [-0.25, -0.2) is 4.98 Å². The van der Waals surface area contributed by atoms with Crippen LogP contribution < -0.4 is 16.2 Å². The highest BCUT2D eigenvalue weighted by Gasteiger charge is 2.11. The number of hydrogen-bond donors (Lipinski definition) is 2. The van der Waals surface area contributed by atoms with Crippen LogP contribution in [0.5, 0.6) is 0 Å². The topological polar surface area (TPSA) is 59.0 Å². The second-order valence-corrected chi connectivity index (χ2v) is 5.76. The van der Waals surface area contributed by atoms with E-state index in [1.807, 2.05) is 6.07 Å². The first-order chi connectivity index (χ1) is 9.63. The summed E-state index contributed by atoms with van der Waals surface area (Å²) < 4.78 is 2.39. The summed E-state index contributed by atoms with van der Waals surface area (Å²) in [5, 5.41) is 6.42. The Kier molecular flexibility index (Phi) is 5.03. The zero-order valence-electron chi connectivity index (χ0n) is 11.5. The molecule has 5 nitrogen and oxygen atoms in total. The van der Waals surface area contributed by atoms with E-state index in [0.29, 0.717) is 11.5 Å². The fourth-order valence-corrected chi connectivity index (χ4v) is 2.84. The van der Waals surface area contributed by atoms with E-state index < -0.39 is 0 Å². The Morgan fingerprint density at radius 3 is 3.05 bits per heavy atom. The van der Waals surface area contributed by atoms with Gasteiger partial charge in [0.15, 0.2) is 0 Å². The van der Waals surface area contributed by atoms with Gasteiger partial charge in [-0.15, -0.1) is 12.4 Å². The van der Waals surface area contributed by atoms with Crippen molar-refractivity contribution in [3.05, 3.63) is 50.5 Å². The molecule has 0 saturated carbocycles. The number of aromatic nitrogens is 2. The molecule has 7 heteroatoms. The smallest absolute Gasteiger partial charge is 0.274 e. The highest BCUT2D eigenvalue weighted by atomic mass is 79.9. The minimum atomic E-state index is -0.0746. The molecule has 0 unspecified atom stereocenters. The van der Waals surface area contributed by atoms with Gasteiger partial charge in [-0.3, -0.25) is 4.79 Å². The lowest BCUT2D eigenvalue weighted by molar-refractivity contribution is 0.631. The quantitative estimate of drug-likeness (QED) is 0.851. The number of fused-ring (bicyclic) bond motifs is 1. The molecule has 2 aromatic rings. The second kappa shape index (κ2) is 6.60. The molecule has 0 saturated heterocycles. The van der Waals surface area contributed by atoms with Crippen LogP contribution in [-0.4, -0.2) is 16.1 Å². The zero-order chi connectivity index (χ0) is 14.1. The largest absolute Gasteiger partial charge is 0.336 e. The fourth-order valence-electron chi connectivity index (χ4n) is 2.31. The summed E-state index contributed by atoms with van der Waals surface area (Å²) in [6.07, 6.45) is 2.65. The Hall–Kier alpha value is -1.37. The molecular weight excluding hydrogens is 356 g/mol. The predicted octanol–water partition coefficient (Wildman–Crippen LogP) is 2.35. The van der Waals surface area contributed by atoms with Crippen molar-refractivity contribution in [1.29, 1.82) is 0 Å². The molecule has 0 spiro atoms. The Morgan fingerprint density at radius 1 is 1.43 bits per heavy atom. The van der Waals surface area contributed by atoms with Crippen LogP contribution in [0.2, 0.25) is 0 Å². The molecule has 0 radical (unpaired) electrons. The second-order valence-electron chi connectivity index (χ2n) is 4.84. The van der Waals surface area contributed by atoms with Crippen molar-refractivity contribution >= 4 is 39.8 Å². The van der Waals surface area contributed by atoms with Crippen LogP contribution in [0.4, 0.5) is 11.5 Å². The first-order valence-corrected chi connectivity index (χ1v) is 7.25. The molecule has 0 bridgehead atoms. The highest BCUT2D eigenvalue weighted by Crippen LogP contribution is 2.19. The summed E-state index contributed by atoms with van der Waals surface area (Å²) in [6, 6.07) is 5.73. The van der Waals surface area contributed by atoms with Gasteiger partial charge in [-0.05, 0) is 33.6 Å². The van der Waals surface area contributed by atoms with Gasteiger partial charge in [0.1, 0.15) is 11.5 Å². The lowest BCUT2D eigenvalue weighted by Gasteiger charge is -2.17. The van der Waals surface area contributed by atoms with Gasteiger partial charge in [0.2, 0.25) is 0 Å².